The fourth-order valence-electron chi connectivity index (χ4n) is 5.30. The molecule has 6 heteroatoms. The van der Waals surface area contributed by atoms with Gasteiger partial charge in [0.15, 0.2) is 0 Å². The average molecular weight is 543 g/mol. The average Bonchev–Trinajstić information content (AvgIpc) is 3.39. The van der Waals surface area contributed by atoms with Crippen molar-refractivity contribution in [1.82, 2.24) is 9.72 Å². The zero-order valence-corrected chi connectivity index (χ0v) is 22.3. The van der Waals surface area contributed by atoms with Gasteiger partial charge >= 0.3 is 5.97 Å². The van der Waals surface area contributed by atoms with E-state index in [0.29, 0.717) is 23.2 Å². The van der Waals surface area contributed by atoms with Crippen LogP contribution < -0.4 is 5.32 Å². The molecule has 0 spiro atoms. The van der Waals surface area contributed by atoms with Crippen LogP contribution in [0.5, 0.6) is 0 Å². The van der Waals surface area contributed by atoms with Crippen molar-refractivity contribution in [2.24, 2.45) is 0 Å². The molecule has 0 aliphatic carbocycles. The second-order valence-corrected chi connectivity index (χ2v) is 10.2. The lowest BCUT2D eigenvalue weighted by Crippen LogP contribution is -2.28. The Balaban J connectivity index is 1.41. The number of amides is 1. The number of nitrogens with one attached hydrogen (secondary N) is 1. The van der Waals surface area contributed by atoms with E-state index in [1.807, 2.05) is 41.7 Å². The number of fused-ring (bicyclic) bond motifs is 2. The van der Waals surface area contributed by atoms with Gasteiger partial charge in [-0.05, 0) is 76.9 Å². The summed E-state index contributed by atoms with van der Waals surface area (Å²) in [6.45, 7) is 1.84. The molecule has 0 fully saturated rings. The first-order chi connectivity index (χ1) is 19.9. The van der Waals surface area contributed by atoms with Crippen LogP contribution in [0.25, 0.3) is 27.4 Å². The first-order valence-electron chi connectivity index (χ1n) is 13.4. The molecular formula is C35H27FN2O3. The highest BCUT2D eigenvalue weighted by atomic mass is 19.1. The fraction of sp³-hybridized carbons (Fsp3) is 0.0857. The van der Waals surface area contributed by atoms with Crippen LogP contribution in [-0.2, 0) is 6.42 Å². The molecule has 0 unspecified atom stereocenters. The smallest absolute Gasteiger partial charge is 0.335 e. The maximum atomic E-state index is 14.8. The summed E-state index contributed by atoms with van der Waals surface area (Å²) in [6, 6.07) is 34.7. The van der Waals surface area contributed by atoms with Crippen LogP contribution in [0.3, 0.4) is 0 Å². The first-order valence-corrected chi connectivity index (χ1v) is 13.4. The summed E-state index contributed by atoms with van der Waals surface area (Å²) in [5.74, 6) is -1.69. The predicted octanol–water partition coefficient (Wildman–Crippen LogP) is 7.68. The van der Waals surface area contributed by atoms with Crippen molar-refractivity contribution in [3.63, 3.8) is 0 Å². The zero-order chi connectivity index (χ0) is 28.5. The van der Waals surface area contributed by atoms with E-state index in [1.54, 1.807) is 36.4 Å². The molecule has 0 bridgehead atoms. The Morgan fingerprint density at radius 1 is 0.829 bits per heavy atom. The van der Waals surface area contributed by atoms with E-state index in [1.165, 1.54) is 18.2 Å². The molecule has 2 heterocycles. The van der Waals surface area contributed by atoms with E-state index in [4.69, 9.17) is 0 Å². The van der Waals surface area contributed by atoms with Crippen molar-refractivity contribution >= 4 is 28.2 Å². The van der Waals surface area contributed by atoms with Gasteiger partial charge in [0.25, 0.3) is 5.91 Å². The molecule has 0 saturated carbocycles. The summed E-state index contributed by atoms with van der Waals surface area (Å²) < 4.78 is 16.7. The minimum Gasteiger partial charge on any atom is -0.478 e. The second kappa shape index (κ2) is 10.7. The molecule has 1 amide bonds. The molecule has 5 nitrogen and oxygen atoms in total. The quantitative estimate of drug-likeness (QED) is 0.217. The summed E-state index contributed by atoms with van der Waals surface area (Å²) in [5.41, 5.74) is 5.18. The lowest BCUT2D eigenvalue weighted by molar-refractivity contribution is 0.0696. The number of carboxylic acids is 1. The molecule has 2 N–H and O–H groups in total. The van der Waals surface area contributed by atoms with E-state index in [2.05, 4.69) is 35.6 Å². The maximum Gasteiger partial charge on any atom is 0.335 e. The van der Waals surface area contributed by atoms with Crippen molar-refractivity contribution in [3.8, 4) is 11.1 Å². The van der Waals surface area contributed by atoms with Gasteiger partial charge in [-0.3, -0.25) is 4.79 Å². The third kappa shape index (κ3) is 5.20. The van der Waals surface area contributed by atoms with Gasteiger partial charge in [-0.1, -0.05) is 72.8 Å². The molecule has 0 aliphatic heterocycles. The highest BCUT2D eigenvalue weighted by molar-refractivity contribution is 5.96. The summed E-state index contributed by atoms with van der Waals surface area (Å²) in [7, 11) is 0. The molecular weight excluding hydrogens is 515 g/mol. The number of hydrogen-bond acceptors (Lipinski definition) is 2. The minimum absolute atomic E-state index is 0.178. The van der Waals surface area contributed by atoms with Crippen molar-refractivity contribution in [2.45, 2.75) is 19.4 Å². The van der Waals surface area contributed by atoms with E-state index in [-0.39, 0.29) is 17.3 Å². The number of carbonyl (C=O) groups excluding carboxylic acids is 1. The van der Waals surface area contributed by atoms with E-state index >= 15 is 0 Å². The van der Waals surface area contributed by atoms with Gasteiger partial charge in [0.2, 0.25) is 0 Å². The van der Waals surface area contributed by atoms with Crippen LogP contribution in [-0.4, -0.2) is 21.4 Å². The number of carboxylic acid groups (broad SMARTS) is 1. The Hall–Kier alpha value is -5.23. The molecule has 202 valence electrons. The second-order valence-electron chi connectivity index (χ2n) is 10.2. The SMILES string of the molecule is C[C@H](NC(=O)c1cc(-c2ccccc2F)cc2ccc(Cc3ccc4ccccc4c3)n12)c1ccc(C(=O)O)cc1. The summed E-state index contributed by atoms with van der Waals surface area (Å²) in [6.07, 6.45) is 0.602. The molecule has 4 aromatic carbocycles. The van der Waals surface area contributed by atoms with Crippen molar-refractivity contribution in [1.29, 1.82) is 0 Å². The normalized spacial score (nSPS) is 12.0. The number of pyridine rings is 1. The Morgan fingerprint density at radius 2 is 1.56 bits per heavy atom. The molecule has 2 aromatic heterocycles. The standard InChI is InChI=1S/C35H27FN2O3/c1-22(24-12-14-26(15-13-24)35(40)41)37-34(39)33-21-28(31-8-4-5-9-32(31)36)20-30-17-16-29(38(30)33)19-23-10-11-25-6-2-3-7-27(25)18-23/h2-18,20-22H,19H2,1H3,(H,37,39)(H,40,41)/t22-/m0/s1. The number of nitrogens with zero attached hydrogens (tertiary/aromatic N) is 1. The molecule has 0 radical (unpaired) electrons. The number of benzene rings is 4. The van der Waals surface area contributed by atoms with Gasteiger partial charge in [0.05, 0.1) is 11.6 Å². The fourth-order valence-corrected chi connectivity index (χ4v) is 5.30. The van der Waals surface area contributed by atoms with Crippen molar-refractivity contribution in [3.05, 3.63) is 149 Å². The van der Waals surface area contributed by atoms with Crippen LogP contribution in [0.2, 0.25) is 0 Å². The van der Waals surface area contributed by atoms with Gasteiger partial charge in [-0.15, -0.1) is 0 Å². The topological polar surface area (TPSA) is 70.8 Å². The summed E-state index contributed by atoms with van der Waals surface area (Å²) in [5, 5.41) is 14.6. The van der Waals surface area contributed by atoms with E-state index < -0.39 is 12.0 Å². The number of rotatable bonds is 7. The summed E-state index contributed by atoms with van der Waals surface area (Å²) >= 11 is 0. The summed E-state index contributed by atoms with van der Waals surface area (Å²) in [4.78, 5) is 25.1. The van der Waals surface area contributed by atoms with Gasteiger partial charge in [-0.2, -0.15) is 0 Å². The molecule has 0 saturated heterocycles. The van der Waals surface area contributed by atoms with Crippen LogP contribution in [0.4, 0.5) is 4.39 Å². The van der Waals surface area contributed by atoms with Gasteiger partial charge in [-0.25, -0.2) is 9.18 Å². The third-order valence-electron chi connectivity index (χ3n) is 7.45. The van der Waals surface area contributed by atoms with Crippen molar-refractivity contribution < 1.29 is 19.1 Å². The Morgan fingerprint density at radius 3 is 2.32 bits per heavy atom. The van der Waals surface area contributed by atoms with Crippen LogP contribution in [0.15, 0.2) is 115 Å². The zero-order valence-electron chi connectivity index (χ0n) is 22.3. The van der Waals surface area contributed by atoms with Crippen LogP contribution >= 0.6 is 0 Å². The van der Waals surface area contributed by atoms with Gasteiger partial charge in [0, 0.05) is 23.2 Å². The van der Waals surface area contributed by atoms with Crippen LogP contribution in [0.1, 0.15) is 50.6 Å². The lowest BCUT2D eigenvalue weighted by Gasteiger charge is -2.18. The van der Waals surface area contributed by atoms with E-state index in [0.717, 1.165) is 33.1 Å². The number of aromatic nitrogens is 1. The number of carbonyl (C=O) groups is 2. The van der Waals surface area contributed by atoms with Gasteiger partial charge in [0.1, 0.15) is 11.5 Å². The van der Waals surface area contributed by atoms with Gasteiger partial charge < -0.3 is 14.8 Å². The highest BCUT2D eigenvalue weighted by Crippen LogP contribution is 2.29. The lowest BCUT2D eigenvalue weighted by atomic mass is 10.0. The molecule has 1 atom stereocenters. The number of aromatic carboxylic acids is 1. The third-order valence-corrected chi connectivity index (χ3v) is 7.45. The molecule has 0 aliphatic rings. The first kappa shape index (κ1) is 26.0. The Kier molecular flexibility index (Phi) is 6.81. The molecule has 41 heavy (non-hydrogen) atoms. The van der Waals surface area contributed by atoms with Crippen molar-refractivity contribution in [2.75, 3.05) is 0 Å². The maximum absolute atomic E-state index is 14.8. The van der Waals surface area contributed by atoms with E-state index in [9.17, 15) is 19.1 Å². The Labute approximate surface area is 236 Å². The van der Waals surface area contributed by atoms with Crippen LogP contribution in [0, 0.1) is 5.82 Å². The number of halogens is 1. The Bertz CT molecular complexity index is 1920. The molecule has 6 rings (SSSR count). The monoisotopic (exact) mass is 542 g/mol. The highest BCUT2D eigenvalue weighted by Gasteiger charge is 2.19. The molecule has 6 aromatic rings. The number of hydrogen-bond donors (Lipinski definition) is 2. The largest absolute Gasteiger partial charge is 0.478 e. The minimum atomic E-state index is -1.01. The predicted molar refractivity (Wildman–Crippen MR) is 159 cm³/mol.